The van der Waals surface area contributed by atoms with E-state index in [1.807, 2.05) is 4.90 Å². The number of piperazine rings is 1. The Hall–Kier alpha value is -1.82. The SMILES string of the molecule is CCCCCCN(CCC(=O)N1CCN(CC)CC1)C(=O)c1ccoc1. The van der Waals surface area contributed by atoms with Crippen LogP contribution in [0.15, 0.2) is 23.0 Å². The number of likely N-dealkylation sites (N-methyl/N-ethyl adjacent to an activating group) is 1. The third kappa shape index (κ3) is 6.16. The van der Waals surface area contributed by atoms with E-state index in [4.69, 9.17) is 4.42 Å². The lowest BCUT2D eigenvalue weighted by Gasteiger charge is -2.34. The summed E-state index contributed by atoms with van der Waals surface area (Å²) in [4.78, 5) is 31.3. The predicted octanol–water partition coefficient (Wildman–Crippen LogP) is 2.86. The summed E-state index contributed by atoms with van der Waals surface area (Å²) in [6, 6.07) is 1.69. The van der Waals surface area contributed by atoms with E-state index in [9.17, 15) is 9.59 Å². The lowest BCUT2D eigenvalue weighted by atomic mass is 10.2. The number of unbranched alkanes of at least 4 members (excludes halogenated alkanes) is 3. The molecule has 1 aromatic heterocycles. The number of hydrogen-bond acceptors (Lipinski definition) is 4. The molecule has 6 heteroatoms. The summed E-state index contributed by atoms with van der Waals surface area (Å²) in [7, 11) is 0. The zero-order valence-corrected chi connectivity index (χ0v) is 16.3. The average molecular weight is 364 g/mol. The summed E-state index contributed by atoms with van der Waals surface area (Å²) < 4.78 is 5.04. The van der Waals surface area contributed by atoms with Gasteiger partial charge in [0, 0.05) is 45.7 Å². The number of carbonyl (C=O) groups excluding carboxylic acids is 2. The zero-order chi connectivity index (χ0) is 18.8. The van der Waals surface area contributed by atoms with Crippen LogP contribution in [0, 0.1) is 0 Å². The van der Waals surface area contributed by atoms with Crippen molar-refractivity contribution in [2.75, 3.05) is 45.8 Å². The largest absolute Gasteiger partial charge is 0.472 e. The molecule has 0 N–H and O–H groups in total. The minimum absolute atomic E-state index is 0.0427. The first kappa shape index (κ1) is 20.5. The molecule has 0 radical (unpaired) electrons. The van der Waals surface area contributed by atoms with Gasteiger partial charge in [-0.2, -0.15) is 0 Å². The van der Waals surface area contributed by atoms with Crippen molar-refractivity contribution in [1.82, 2.24) is 14.7 Å². The van der Waals surface area contributed by atoms with Gasteiger partial charge in [0.25, 0.3) is 5.91 Å². The molecule has 2 rings (SSSR count). The van der Waals surface area contributed by atoms with E-state index in [-0.39, 0.29) is 11.8 Å². The second-order valence-electron chi connectivity index (χ2n) is 6.93. The molecule has 0 unspecified atom stereocenters. The molecule has 1 fully saturated rings. The van der Waals surface area contributed by atoms with Gasteiger partial charge in [0.05, 0.1) is 11.8 Å². The van der Waals surface area contributed by atoms with Crippen molar-refractivity contribution >= 4 is 11.8 Å². The number of hydrogen-bond donors (Lipinski definition) is 0. The molecular formula is C20H33N3O3. The summed E-state index contributed by atoms with van der Waals surface area (Å²) in [5.41, 5.74) is 0.560. The fraction of sp³-hybridized carbons (Fsp3) is 0.700. The summed E-state index contributed by atoms with van der Waals surface area (Å²) >= 11 is 0. The third-order valence-corrected chi connectivity index (χ3v) is 5.10. The monoisotopic (exact) mass is 363 g/mol. The number of nitrogens with zero attached hydrogens (tertiary/aromatic N) is 3. The summed E-state index contributed by atoms with van der Waals surface area (Å²) in [6.45, 7) is 9.99. The fourth-order valence-corrected chi connectivity index (χ4v) is 3.32. The Kier molecular flexibility index (Phi) is 8.68. The maximum absolute atomic E-state index is 12.7. The van der Waals surface area contributed by atoms with E-state index in [0.717, 1.165) is 52.0 Å². The van der Waals surface area contributed by atoms with Crippen LogP contribution in [0.2, 0.25) is 0 Å². The molecule has 1 aliphatic rings. The maximum Gasteiger partial charge on any atom is 0.257 e. The Morgan fingerprint density at radius 2 is 1.85 bits per heavy atom. The van der Waals surface area contributed by atoms with Crippen molar-refractivity contribution < 1.29 is 14.0 Å². The number of furan rings is 1. The Bertz CT molecular complexity index is 537. The lowest BCUT2D eigenvalue weighted by Crippen LogP contribution is -2.49. The number of amides is 2. The Labute approximate surface area is 157 Å². The van der Waals surface area contributed by atoms with Gasteiger partial charge in [-0.25, -0.2) is 0 Å². The Balaban J connectivity index is 1.85. The summed E-state index contributed by atoms with van der Waals surface area (Å²) in [5.74, 6) is 0.109. The molecule has 1 aliphatic heterocycles. The van der Waals surface area contributed by atoms with Crippen molar-refractivity contribution in [2.24, 2.45) is 0 Å². The summed E-state index contributed by atoms with van der Waals surface area (Å²) in [5, 5.41) is 0. The van der Waals surface area contributed by atoms with Crippen LogP contribution >= 0.6 is 0 Å². The Morgan fingerprint density at radius 1 is 1.08 bits per heavy atom. The molecule has 2 heterocycles. The van der Waals surface area contributed by atoms with Crippen LogP contribution in [0.4, 0.5) is 0 Å². The van der Waals surface area contributed by atoms with Gasteiger partial charge in [-0.05, 0) is 19.0 Å². The van der Waals surface area contributed by atoms with Crippen molar-refractivity contribution in [3.05, 3.63) is 24.2 Å². The van der Waals surface area contributed by atoms with E-state index in [1.165, 1.54) is 18.9 Å². The molecule has 2 amide bonds. The molecule has 0 saturated carbocycles. The third-order valence-electron chi connectivity index (χ3n) is 5.10. The fourth-order valence-electron chi connectivity index (χ4n) is 3.32. The Morgan fingerprint density at radius 3 is 2.46 bits per heavy atom. The van der Waals surface area contributed by atoms with E-state index < -0.39 is 0 Å². The second-order valence-corrected chi connectivity index (χ2v) is 6.93. The van der Waals surface area contributed by atoms with E-state index in [1.54, 1.807) is 11.0 Å². The van der Waals surface area contributed by atoms with Crippen molar-refractivity contribution in [1.29, 1.82) is 0 Å². The van der Waals surface area contributed by atoms with Crippen LogP contribution in [-0.2, 0) is 4.79 Å². The second kappa shape index (κ2) is 11.0. The standard InChI is InChI=1S/C20H33N3O3/c1-3-5-6-7-10-23(20(25)18-9-16-26-17-18)11-8-19(24)22-14-12-21(4-2)13-15-22/h9,16-17H,3-8,10-15H2,1-2H3. The van der Waals surface area contributed by atoms with Gasteiger partial charge < -0.3 is 19.1 Å². The van der Waals surface area contributed by atoms with Crippen LogP contribution < -0.4 is 0 Å². The molecule has 1 saturated heterocycles. The van der Waals surface area contributed by atoms with Gasteiger partial charge in [-0.3, -0.25) is 9.59 Å². The predicted molar refractivity (Wildman–Crippen MR) is 102 cm³/mol. The quantitative estimate of drug-likeness (QED) is 0.600. The topological polar surface area (TPSA) is 57.0 Å². The highest BCUT2D eigenvalue weighted by Gasteiger charge is 2.22. The van der Waals surface area contributed by atoms with Gasteiger partial charge in [-0.1, -0.05) is 33.1 Å². The van der Waals surface area contributed by atoms with Crippen LogP contribution in [0.1, 0.15) is 56.3 Å². The van der Waals surface area contributed by atoms with Crippen LogP contribution in [0.3, 0.4) is 0 Å². The normalized spacial score (nSPS) is 15.2. The van der Waals surface area contributed by atoms with E-state index in [2.05, 4.69) is 18.7 Å². The highest BCUT2D eigenvalue weighted by molar-refractivity contribution is 5.94. The van der Waals surface area contributed by atoms with Gasteiger partial charge in [0.15, 0.2) is 0 Å². The first-order valence-electron chi connectivity index (χ1n) is 9.97. The highest BCUT2D eigenvalue weighted by Crippen LogP contribution is 2.11. The molecule has 26 heavy (non-hydrogen) atoms. The zero-order valence-electron chi connectivity index (χ0n) is 16.3. The molecular weight excluding hydrogens is 330 g/mol. The molecule has 0 aromatic carbocycles. The smallest absolute Gasteiger partial charge is 0.257 e. The van der Waals surface area contributed by atoms with Gasteiger partial charge in [-0.15, -0.1) is 0 Å². The first-order chi connectivity index (χ1) is 12.7. The molecule has 0 atom stereocenters. The average Bonchev–Trinajstić information content (AvgIpc) is 3.21. The van der Waals surface area contributed by atoms with E-state index in [0.29, 0.717) is 25.1 Å². The van der Waals surface area contributed by atoms with Gasteiger partial charge in [0.2, 0.25) is 5.91 Å². The van der Waals surface area contributed by atoms with Gasteiger partial charge in [0.1, 0.15) is 6.26 Å². The molecule has 0 aliphatic carbocycles. The minimum Gasteiger partial charge on any atom is -0.472 e. The number of carbonyl (C=O) groups is 2. The lowest BCUT2D eigenvalue weighted by molar-refractivity contribution is -0.133. The van der Waals surface area contributed by atoms with Crippen molar-refractivity contribution in [2.45, 2.75) is 46.0 Å². The molecule has 6 nitrogen and oxygen atoms in total. The highest BCUT2D eigenvalue weighted by atomic mass is 16.3. The van der Waals surface area contributed by atoms with Crippen molar-refractivity contribution in [3.63, 3.8) is 0 Å². The molecule has 1 aromatic rings. The minimum atomic E-state index is -0.0427. The molecule has 0 spiro atoms. The van der Waals surface area contributed by atoms with Crippen LogP contribution in [0.5, 0.6) is 0 Å². The molecule has 146 valence electrons. The van der Waals surface area contributed by atoms with Crippen LogP contribution in [-0.4, -0.2) is 72.3 Å². The first-order valence-corrected chi connectivity index (χ1v) is 9.97. The molecule has 0 bridgehead atoms. The number of rotatable bonds is 10. The van der Waals surface area contributed by atoms with Crippen molar-refractivity contribution in [3.8, 4) is 0 Å². The van der Waals surface area contributed by atoms with E-state index >= 15 is 0 Å². The summed E-state index contributed by atoms with van der Waals surface area (Å²) in [6.07, 6.45) is 7.81. The van der Waals surface area contributed by atoms with Crippen LogP contribution in [0.25, 0.3) is 0 Å². The van der Waals surface area contributed by atoms with Gasteiger partial charge >= 0.3 is 0 Å². The maximum atomic E-state index is 12.7.